The molecule has 1 heterocycles. The molecule has 25 heavy (non-hydrogen) atoms. The fourth-order valence-corrected chi connectivity index (χ4v) is 3.71. The Hall–Kier alpha value is -1.79. The van der Waals surface area contributed by atoms with Crippen molar-refractivity contribution in [2.24, 2.45) is 0 Å². The van der Waals surface area contributed by atoms with Gasteiger partial charge in [-0.15, -0.1) is 0 Å². The van der Waals surface area contributed by atoms with Crippen LogP contribution in [0.4, 0.5) is 5.13 Å². The lowest BCUT2D eigenvalue weighted by molar-refractivity contribution is -0.112. The van der Waals surface area contributed by atoms with Crippen molar-refractivity contribution in [3.05, 3.63) is 33.3 Å². The quantitative estimate of drug-likeness (QED) is 0.424. The number of anilines is 1. The van der Waals surface area contributed by atoms with Gasteiger partial charge >= 0.3 is 0 Å². The Balaban J connectivity index is 2.21. The largest absolute Gasteiger partial charge is 0.494 e. The van der Waals surface area contributed by atoms with Crippen LogP contribution in [0.15, 0.2) is 22.9 Å². The van der Waals surface area contributed by atoms with Gasteiger partial charge in [-0.1, -0.05) is 41.9 Å². The predicted molar refractivity (Wildman–Crippen MR) is 102 cm³/mol. The summed E-state index contributed by atoms with van der Waals surface area (Å²) in [7, 11) is 1.45. The number of ether oxygens (including phenoxy) is 1. The molecule has 2 rings (SSSR count). The number of nitrogens with zero attached hydrogens (tertiary/aromatic N) is 3. The number of aromatic nitrogens is 2. The van der Waals surface area contributed by atoms with Crippen molar-refractivity contribution in [1.29, 1.82) is 5.26 Å². The lowest BCUT2D eigenvalue weighted by atomic mass is 10.1. The molecule has 1 aromatic heterocycles. The van der Waals surface area contributed by atoms with Crippen molar-refractivity contribution in [2.75, 3.05) is 18.2 Å². The molecular formula is C15H12Cl2N4O2S2. The molecule has 10 heteroatoms. The minimum atomic E-state index is -0.588. The van der Waals surface area contributed by atoms with Gasteiger partial charge in [-0.3, -0.25) is 10.1 Å². The maximum Gasteiger partial charge on any atom is 0.268 e. The number of benzene rings is 1. The molecule has 0 saturated heterocycles. The number of nitrogens with one attached hydrogen (secondary N) is 1. The molecule has 0 radical (unpaired) electrons. The van der Waals surface area contributed by atoms with Crippen LogP contribution in [-0.2, 0) is 4.79 Å². The Kier molecular flexibility index (Phi) is 7.08. The number of amides is 1. The third-order valence-corrected chi connectivity index (χ3v) is 4.84. The average Bonchev–Trinajstić information content (AvgIpc) is 2.99. The van der Waals surface area contributed by atoms with E-state index in [1.807, 2.05) is 13.0 Å². The Morgan fingerprint density at radius 1 is 1.48 bits per heavy atom. The van der Waals surface area contributed by atoms with E-state index in [1.165, 1.54) is 24.9 Å². The summed E-state index contributed by atoms with van der Waals surface area (Å²) in [5.74, 6) is 0.569. The predicted octanol–water partition coefficient (Wildman–Crippen LogP) is 4.51. The van der Waals surface area contributed by atoms with Gasteiger partial charge in [0, 0.05) is 11.5 Å². The molecule has 1 N–H and O–H groups in total. The van der Waals surface area contributed by atoms with Crippen LogP contribution >= 0.6 is 46.5 Å². The maximum absolute atomic E-state index is 12.2. The van der Waals surface area contributed by atoms with E-state index < -0.39 is 5.91 Å². The Labute approximate surface area is 163 Å². The number of thioether (sulfide) groups is 1. The molecular weight excluding hydrogens is 403 g/mol. The summed E-state index contributed by atoms with van der Waals surface area (Å²) in [4.78, 5) is 16.4. The highest BCUT2D eigenvalue weighted by molar-refractivity contribution is 7.99. The standard InChI is InChI=1S/C15H12Cl2N4O2S2/c1-3-24-15-20-14(25-21-15)19-13(22)9(7-18)4-8-5-10(16)12(23-2)11(17)6-8/h4-6H,3H2,1-2H3,(H,19,20,21,22)/b9-4-. The number of methoxy groups -OCH3 is 1. The Morgan fingerprint density at radius 2 is 2.16 bits per heavy atom. The van der Waals surface area contributed by atoms with Crippen LogP contribution in [0.2, 0.25) is 10.0 Å². The molecule has 130 valence electrons. The van der Waals surface area contributed by atoms with E-state index in [1.54, 1.807) is 12.1 Å². The molecule has 0 fully saturated rings. The van der Waals surface area contributed by atoms with Crippen LogP contribution < -0.4 is 10.1 Å². The van der Waals surface area contributed by atoms with Crippen LogP contribution in [-0.4, -0.2) is 28.1 Å². The van der Waals surface area contributed by atoms with Gasteiger partial charge in [0.2, 0.25) is 10.3 Å². The first kappa shape index (κ1) is 19.5. The summed E-state index contributed by atoms with van der Waals surface area (Å²) >= 11 is 14.6. The lowest BCUT2D eigenvalue weighted by Gasteiger charge is -2.07. The maximum atomic E-state index is 12.2. The molecule has 0 spiro atoms. The zero-order chi connectivity index (χ0) is 18.4. The highest BCUT2D eigenvalue weighted by Gasteiger charge is 2.14. The highest BCUT2D eigenvalue weighted by Crippen LogP contribution is 2.34. The number of nitriles is 1. The van der Waals surface area contributed by atoms with Crippen LogP contribution in [0, 0.1) is 11.3 Å². The zero-order valence-corrected chi connectivity index (χ0v) is 16.3. The summed E-state index contributed by atoms with van der Waals surface area (Å²) in [5, 5.41) is 13.3. The molecule has 0 aliphatic heterocycles. The molecule has 6 nitrogen and oxygen atoms in total. The van der Waals surface area contributed by atoms with Gasteiger partial charge in [0.25, 0.3) is 5.91 Å². The van der Waals surface area contributed by atoms with Crippen molar-refractivity contribution < 1.29 is 9.53 Å². The molecule has 0 bridgehead atoms. The van der Waals surface area contributed by atoms with Crippen molar-refractivity contribution >= 4 is 63.6 Å². The molecule has 0 aliphatic carbocycles. The number of carbonyl (C=O) groups excluding carboxylic acids is 1. The third-order valence-electron chi connectivity index (χ3n) is 2.80. The molecule has 0 saturated carbocycles. The van der Waals surface area contributed by atoms with Gasteiger partial charge in [-0.05, 0) is 29.5 Å². The monoisotopic (exact) mass is 414 g/mol. The first-order chi connectivity index (χ1) is 12.0. The van der Waals surface area contributed by atoms with Crippen LogP contribution in [0.1, 0.15) is 12.5 Å². The summed E-state index contributed by atoms with van der Waals surface area (Å²) < 4.78 is 9.16. The normalized spacial score (nSPS) is 11.1. The van der Waals surface area contributed by atoms with Gasteiger partial charge in [0.15, 0.2) is 5.75 Å². The van der Waals surface area contributed by atoms with Crippen molar-refractivity contribution in [3.8, 4) is 11.8 Å². The van der Waals surface area contributed by atoms with Crippen molar-refractivity contribution in [1.82, 2.24) is 9.36 Å². The number of carbonyl (C=O) groups is 1. The highest BCUT2D eigenvalue weighted by atomic mass is 35.5. The smallest absolute Gasteiger partial charge is 0.268 e. The molecule has 1 aromatic carbocycles. The Bertz CT molecular complexity index is 838. The first-order valence-electron chi connectivity index (χ1n) is 6.91. The van der Waals surface area contributed by atoms with Gasteiger partial charge < -0.3 is 4.74 Å². The fourth-order valence-electron chi connectivity index (χ4n) is 1.79. The number of hydrogen-bond donors (Lipinski definition) is 1. The van der Waals surface area contributed by atoms with Crippen molar-refractivity contribution in [2.45, 2.75) is 12.1 Å². The summed E-state index contributed by atoms with van der Waals surface area (Å²) in [6, 6.07) is 4.96. The van der Waals surface area contributed by atoms with Crippen LogP contribution in [0.25, 0.3) is 6.08 Å². The minimum absolute atomic E-state index is 0.114. The van der Waals surface area contributed by atoms with Gasteiger partial charge in [-0.2, -0.15) is 14.6 Å². The van der Waals surface area contributed by atoms with E-state index >= 15 is 0 Å². The van der Waals surface area contributed by atoms with E-state index in [4.69, 9.17) is 27.9 Å². The molecule has 1 amide bonds. The van der Waals surface area contributed by atoms with E-state index in [0.29, 0.717) is 21.6 Å². The zero-order valence-electron chi connectivity index (χ0n) is 13.2. The second-order valence-electron chi connectivity index (χ2n) is 4.46. The molecule has 0 atom stereocenters. The summed E-state index contributed by atoms with van der Waals surface area (Å²) in [6.07, 6.45) is 1.38. The van der Waals surface area contributed by atoms with Crippen molar-refractivity contribution in [3.63, 3.8) is 0 Å². The topological polar surface area (TPSA) is 87.9 Å². The number of rotatable bonds is 6. The van der Waals surface area contributed by atoms with E-state index in [0.717, 1.165) is 17.3 Å². The lowest BCUT2D eigenvalue weighted by Crippen LogP contribution is -2.13. The van der Waals surface area contributed by atoms with Gasteiger partial charge in [-0.25, -0.2) is 0 Å². The van der Waals surface area contributed by atoms with E-state index in [-0.39, 0.29) is 15.6 Å². The van der Waals surface area contributed by atoms with Gasteiger partial charge in [0.1, 0.15) is 11.6 Å². The Morgan fingerprint density at radius 3 is 2.72 bits per heavy atom. The van der Waals surface area contributed by atoms with E-state index in [9.17, 15) is 10.1 Å². The molecule has 0 unspecified atom stereocenters. The second-order valence-corrected chi connectivity index (χ2v) is 7.25. The summed E-state index contributed by atoms with van der Waals surface area (Å²) in [5.41, 5.74) is 0.388. The number of hydrogen-bond acceptors (Lipinski definition) is 7. The summed E-state index contributed by atoms with van der Waals surface area (Å²) in [6.45, 7) is 1.98. The van der Waals surface area contributed by atoms with Crippen LogP contribution in [0.3, 0.4) is 0 Å². The SMILES string of the molecule is CCSc1nsc(NC(=O)/C(C#N)=C\c2cc(Cl)c(OC)c(Cl)c2)n1. The third kappa shape index (κ3) is 5.09. The van der Waals surface area contributed by atoms with Crippen LogP contribution in [0.5, 0.6) is 5.75 Å². The molecule has 0 aliphatic rings. The average molecular weight is 415 g/mol. The molecule has 2 aromatic rings. The van der Waals surface area contributed by atoms with Gasteiger partial charge in [0.05, 0.1) is 17.2 Å². The minimum Gasteiger partial charge on any atom is -0.494 e. The first-order valence-corrected chi connectivity index (χ1v) is 9.42. The second kappa shape index (κ2) is 9.06. The number of halogens is 2. The van der Waals surface area contributed by atoms with E-state index in [2.05, 4.69) is 14.7 Å². The fraction of sp³-hybridized carbons (Fsp3) is 0.200.